The largest absolute Gasteiger partial charge is 0.328 e. The Morgan fingerprint density at radius 2 is 1.78 bits per heavy atom. The normalized spacial score (nSPS) is 10.3. The maximum atomic E-state index is 12.3. The van der Waals surface area contributed by atoms with Crippen molar-refractivity contribution < 1.29 is 4.79 Å². The van der Waals surface area contributed by atoms with Gasteiger partial charge in [0.25, 0.3) is 11.5 Å². The van der Waals surface area contributed by atoms with E-state index in [9.17, 15) is 9.59 Å². The summed E-state index contributed by atoms with van der Waals surface area (Å²) < 4.78 is 0. The lowest BCUT2D eigenvalue weighted by Crippen LogP contribution is -2.16. The molecular weight excluding hydrogens is 312 g/mol. The molecule has 4 nitrogen and oxygen atoms in total. The molecular formula is C18H13ClN2O2. The second-order valence-electron chi connectivity index (χ2n) is 4.96. The lowest BCUT2D eigenvalue weighted by molar-refractivity contribution is 0.102. The van der Waals surface area contributed by atoms with Crippen LogP contribution in [0.2, 0.25) is 5.02 Å². The summed E-state index contributed by atoms with van der Waals surface area (Å²) in [6, 6.07) is 17.6. The van der Waals surface area contributed by atoms with Gasteiger partial charge in [-0.05, 0) is 29.8 Å². The van der Waals surface area contributed by atoms with Crippen LogP contribution < -0.4 is 10.9 Å². The van der Waals surface area contributed by atoms with Crippen molar-refractivity contribution in [2.24, 2.45) is 0 Å². The minimum absolute atomic E-state index is 0.240. The summed E-state index contributed by atoms with van der Waals surface area (Å²) in [4.78, 5) is 26.9. The standard InChI is InChI=1S/C18H13ClN2O2/c19-14-7-4-8-15(10-14)21-17(22)13-9-16(18(23)20-11-13)12-5-2-1-3-6-12/h1-11H,(H,20,23)(H,21,22). The summed E-state index contributed by atoms with van der Waals surface area (Å²) in [6.07, 6.45) is 1.40. The van der Waals surface area contributed by atoms with E-state index in [4.69, 9.17) is 11.6 Å². The average Bonchev–Trinajstić information content (AvgIpc) is 2.56. The van der Waals surface area contributed by atoms with Crippen LogP contribution in [-0.2, 0) is 0 Å². The number of rotatable bonds is 3. The first-order chi connectivity index (χ1) is 11.1. The van der Waals surface area contributed by atoms with Gasteiger partial charge in [0.2, 0.25) is 0 Å². The first kappa shape index (κ1) is 15.1. The third-order valence-electron chi connectivity index (χ3n) is 3.33. The minimum Gasteiger partial charge on any atom is -0.328 e. The SMILES string of the molecule is O=C(Nc1cccc(Cl)c1)c1c[nH]c(=O)c(-c2ccccc2)c1. The Morgan fingerprint density at radius 1 is 1.00 bits per heavy atom. The molecule has 0 atom stereocenters. The molecule has 0 unspecified atom stereocenters. The number of carbonyl (C=O) groups excluding carboxylic acids is 1. The van der Waals surface area contributed by atoms with Crippen molar-refractivity contribution in [3.05, 3.63) is 87.8 Å². The van der Waals surface area contributed by atoms with Crippen LogP contribution in [0.25, 0.3) is 11.1 Å². The van der Waals surface area contributed by atoms with Gasteiger partial charge < -0.3 is 10.3 Å². The Balaban J connectivity index is 1.92. The summed E-state index contributed by atoms with van der Waals surface area (Å²) >= 11 is 5.90. The zero-order valence-electron chi connectivity index (χ0n) is 12.0. The van der Waals surface area contributed by atoms with Gasteiger partial charge in [0.15, 0.2) is 0 Å². The van der Waals surface area contributed by atoms with E-state index in [0.29, 0.717) is 21.8 Å². The van der Waals surface area contributed by atoms with Crippen LogP contribution in [0.15, 0.2) is 71.7 Å². The van der Waals surface area contributed by atoms with E-state index in [0.717, 1.165) is 5.56 Å². The summed E-state index contributed by atoms with van der Waals surface area (Å²) in [7, 11) is 0. The molecule has 0 aliphatic carbocycles. The molecule has 2 aromatic carbocycles. The predicted molar refractivity (Wildman–Crippen MR) is 91.9 cm³/mol. The van der Waals surface area contributed by atoms with Crippen LogP contribution in [0, 0.1) is 0 Å². The first-order valence-electron chi connectivity index (χ1n) is 6.98. The van der Waals surface area contributed by atoms with Crippen molar-refractivity contribution in [3.8, 4) is 11.1 Å². The highest BCUT2D eigenvalue weighted by atomic mass is 35.5. The number of benzene rings is 2. The van der Waals surface area contributed by atoms with Gasteiger partial charge in [-0.3, -0.25) is 9.59 Å². The van der Waals surface area contributed by atoms with Crippen molar-refractivity contribution in [1.29, 1.82) is 0 Å². The molecule has 0 spiro atoms. The number of carbonyl (C=O) groups is 1. The van der Waals surface area contributed by atoms with Crippen molar-refractivity contribution in [2.45, 2.75) is 0 Å². The lowest BCUT2D eigenvalue weighted by Gasteiger charge is -2.07. The summed E-state index contributed by atoms with van der Waals surface area (Å²) in [5, 5.41) is 3.29. The number of nitrogens with one attached hydrogen (secondary N) is 2. The molecule has 114 valence electrons. The van der Waals surface area contributed by atoms with Crippen LogP contribution in [0.5, 0.6) is 0 Å². The number of pyridine rings is 1. The first-order valence-corrected chi connectivity index (χ1v) is 7.36. The number of anilines is 1. The average molecular weight is 325 g/mol. The number of aromatic amines is 1. The molecule has 5 heteroatoms. The third kappa shape index (κ3) is 3.49. The molecule has 0 saturated heterocycles. The molecule has 0 radical (unpaired) electrons. The van der Waals surface area contributed by atoms with Gasteiger partial charge in [-0.25, -0.2) is 0 Å². The topological polar surface area (TPSA) is 62.0 Å². The Morgan fingerprint density at radius 3 is 2.52 bits per heavy atom. The highest BCUT2D eigenvalue weighted by Gasteiger charge is 2.10. The Bertz CT molecular complexity index is 904. The zero-order chi connectivity index (χ0) is 16.2. The fraction of sp³-hybridized carbons (Fsp3) is 0. The molecule has 0 fully saturated rings. The van der Waals surface area contributed by atoms with E-state index < -0.39 is 0 Å². The lowest BCUT2D eigenvalue weighted by atomic mass is 10.1. The van der Waals surface area contributed by atoms with Crippen molar-refractivity contribution in [3.63, 3.8) is 0 Å². The fourth-order valence-electron chi connectivity index (χ4n) is 2.22. The third-order valence-corrected chi connectivity index (χ3v) is 3.57. The predicted octanol–water partition coefficient (Wildman–Crippen LogP) is 3.95. The Kier molecular flexibility index (Phi) is 4.26. The van der Waals surface area contributed by atoms with Crippen molar-refractivity contribution >= 4 is 23.2 Å². The van der Waals surface area contributed by atoms with Gasteiger partial charge in [-0.2, -0.15) is 0 Å². The maximum Gasteiger partial charge on any atom is 0.257 e. The molecule has 1 aromatic heterocycles. The van der Waals surface area contributed by atoms with E-state index in [-0.39, 0.29) is 11.5 Å². The van der Waals surface area contributed by atoms with Crippen molar-refractivity contribution in [1.82, 2.24) is 4.98 Å². The van der Waals surface area contributed by atoms with Crippen LogP contribution in [-0.4, -0.2) is 10.9 Å². The van der Waals surface area contributed by atoms with Crippen LogP contribution in [0.3, 0.4) is 0 Å². The maximum absolute atomic E-state index is 12.3. The summed E-state index contributed by atoms with van der Waals surface area (Å²) in [6.45, 7) is 0. The van der Waals surface area contributed by atoms with E-state index in [1.807, 2.05) is 30.3 Å². The molecule has 0 saturated carbocycles. The molecule has 0 aliphatic rings. The van der Waals surface area contributed by atoms with Gasteiger partial charge in [0.05, 0.1) is 5.56 Å². The quantitative estimate of drug-likeness (QED) is 0.766. The second-order valence-corrected chi connectivity index (χ2v) is 5.40. The number of H-pyrrole nitrogens is 1. The van der Waals surface area contributed by atoms with Gasteiger partial charge in [-0.15, -0.1) is 0 Å². The molecule has 3 rings (SSSR count). The number of aromatic nitrogens is 1. The molecule has 0 aliphatic heterocycles. The van der Waals surface area contributed by atoms with E-state index in [1.165, 1.54) is 6.20 Å². The van der Waals surface area contributed by atoms with Crippen LogP contribution in [0.4, 0.5) is 5.69 Å². The summed E-state index contributed by atoms with van der Waals surface area (Å²) in [5.41, 5.74) is 1.92. The highest BCUT2D eigenvalue weighted by molar-refractivity contribution is 6.30. The van der Waals surface area contributed by atoms with Crippen molar-refractivity contribution in [2.75, 3.05) is 5.32 Å². The van der Waals surface area contributed by atoms with E-state index in [2.05, 4.69) is 10.3 Å². The number of hydrogen-bond donors (Lipinski definition) is 2. The molecule has 0 bridgehead atoms. The van der Waals surface area contributed by atoms with Gasteiger partial charge >= 0.3 is 0 Å². The second kappa shape index (κ2) is 6.50. The van der Waals surface area contributed by atoms with Gasteiger partial charge in [-0.1, -0.05) is 48.0 Å². The molecule has 1 amide bonds. The Labute approximate surface area is 137 Å². The van der Waals surface area contributed by atoms with E-state index in [1.54, 1.807) is 30.3 Å². The molecule has 3 aromatic rings. The number of amides is 1. The van der Waals surface area contributed by atoms with Crippen LogP contribution in [0.1, 0.15) is 10.4 Å². The highest BCUT2D eigenvalue weighted by Crippen LogP contribution is 2.18. The molecule has 1 heterocycles. The van der Waals surface area contributed by atoms with Crippen LogP contribution >= 0.6 is 11.6 Å². The number of hydrogen-bond acceptors (Lipinski definition) is 2. The number of halogens is 1. The summed E-state index contributed by atoms with van der Waals surface area (Å²) in [5.74, 6) is -0.319. The smallest absolute Gasteiger partial charge is 0.257 e. The van der Waals surface area contributed by atoms with E-state index >= 15 is 0 Å². The Hall–Kier alpha value is -2.85. The fourth-order valence-corrected chi connectivity index (χ4v) is 2.41. The minimum atomic E-state index is -0.319. The van der Waals surface area contributed by atoms with Gasteiger partial charge in [0.1, 0.15) is 0 Å². The molecule has 2 N–H and O–H groups in total. The molecule has 23 heavy (non-hydrogen) atoms. The monoisotopic (exact) mass is 324 g/mol. The zero-order valence-corrected chi connectivity index (χ0v) is 12.8. The van der Waals surface area contributed by atoms with Gasteiger partial charge in [0, 0.05) is 22.5 Å².